The van der Waals surface area contributed by atoms with Crippen LogP contribution in [0.4, 0.5) is 0 Å². The second-order valence-corrected chi connectivity index (χ2v) is 5.92. The first kappa shape index (κ1) is 16.1. The highest BCUT2D eigenvalue weighted by atomic mass is 16.5. The maximum Gasteiger partial charge on any atom is 0.253 e. The van der Waals surface area contributed by atoms with Gasteiger partial charge in [-0.1, -0.05) is 30.3 Å². The average Bonchev–Trinajstić information content (AvgIpc) is 3.11. The Kier molecular flexibility index (Phi) is 4.51. The van der Waals surface area contributed by atoms with E-state index in [9.17, 15) is 9.59 Å². The van der Waals surface area contributed by atoms with Crippen molar-refractivity contribution in [3.63, 3.8) is 0 Å². The molecule has 0 spiro atoms. The van der Waals surface area contributed by atoms with E-state index in [0.29, 0.717) is 30.8 Å². The van der Waals surface area contributed by atoms with Gasteiger partial charge in [0.2, 0.25) is 5.91 Å². The van der Waals surface area contributed by atoms with Crippen molar-refractivity contribution in [2.24, 2.45) is 11.7 Å². The van der Waals surface area contributed by atoms with Crippen molar-refractivity contribution in [1.29, 1.82) is 0 Å². The highest BCUT2D eigenvalue weighted by molar-refractivity contribution is 5.96. The van der Waals surface area contributed by atoms with Gasteiger partial charge in [0.05, 0.1) is 13.0 Å². The fourth-order valence-electron chi connectivity index (χ4n) is 3.04. The van der Waals surface area contributed by atoms with Crippen LogP contribution in [0, 0.1) is 5.92 Å². The van der Waals surface area contributed by atoms with Gasteiger partial charge in [-0.05, 0) is 30.2 Å². The third kappa shape index (κ3) is 3.11. The number of hydrogen-bond donors (Lipinski definition) is 1. The lowest BCUT2D eigenvalue weighted by molar-refractivity contribution is -0.121. The predicted molar refractivity (Wildman–Crippen MR) is 91.6 cm³/mol. The molecule has 1 atom stereocenters. The summed E-state index contributed by atoms with van der Waals surface area (Å²) in [7, 11) is 1.61. The number of primary amides is 1. The van der Waals surface area contributed by atoms with Crippen molar-refractivity contribution < 1.29 is 14.3 Å². The average molecular weight is 324 g/mol. The number of benzene rings is 2. The molecule has 5 nitrogen and oxygen atoms in total. The first-order chi connectivity index (χ1) is 11.6. The largest absolute Gasteiger partial charge is 0.496 e. The number of likely N-dealkylation sites (tertiary alicyclic amines) is 1. The minimum Gasteiger partial charge on any atom is -0.496 e. The molecule has 1 heterocycles. The predicted octanol–water partition coefficient (Wildman–Crippen LogP) is 2.31. The minimum absolute atomic E-state index is 0.0846. The van der Waals surface area contributed by atoms with Gasteiger partial charge in [0.1, 0.15) is 5.75 Å². The van der Waals surface area contributed by atoms with Gasteiger partial charge in [-0.15, -0.1) is 0 Å². The second kappa shape index (κ2) is 6.74. The number of carbonyl (C=O) groups is 2. The van der Waals surface area contributed by atoms with Crippen LogP contribution in [-0.2, 0) is 4.79 Å². The molecule has 0 saturated carbocycles. The van der Waals surface area contributed by atoms with Crippen LogP contribution in [0.15, 0.2) is 48.5 Å². The zero-order chi connectivity index (χ0) is 17.1. The van der Waals surface area contributed by atoms with Crippen LogP contribution < -0.4 is 10.5 Å². The van der Waals surface area contributed by atoms with Crippen LogP contribution in [0.1, 0.15) is 16.8 Å². The molecule has 2 amide bonds. The van der Waals surface area contributed by atoms with Crippen LogP contribution in [0.5, 0.6) is 5.75 Å². The van der Waals surface area contributed by atoms with Gasteiger partial charge < -0.3 is 15.4 Å². The number of carbonyl (C=O) groups excluding carboxylic acids is 2. The second-order valence-electron chi connectivity index (χ2n) is 5.92. The van der Waals surface area contributed by atoms with Gasteiger partial charge in [-0.2, -0.15) is 0 Å². The number of nitrogens with zero attached hydrogens (tertiary/aromatic N) is 1. The van der Waals surface area contributed by atoms with Crippen molar-refractivity contribution in [2.75, 3.05) is 20.2 Å². The molecule has 0 aliphatic carbocycles. The fourth-order valence-corrected chi connectivity index (χ4v) is 3.04. The van der Waals surface area contributed by atoms with Crippen LogP contribution in [0.2, 0.25) is 0 Å². The zero-order valence-electron chi connectivity index (χ0n) is 13.6. The molecular formula is C19H20N2O3. The van der Waals surface area contributed by atoms with Crippen molar-refractivity contribution in [3.05, 3.63) is 54.1 Å². The Morgan fingerprint density at radius 1 is 1.17 bits per heavy atom. The van der Waals surface area contributed by atoms with Crippen LogP contribution in [0.3, 0.4) is 0 Å². The van der Waals surface area contributed by atoms with E-state index in [1.807, 2.05) is 36.4 Å². The maximum atomic E-state index is 12.7. The maximum absolute atomic E-state index is 12.7. The van der Waals surface area contributed by atoms with E-state index in [4.69, 9.17) is 10.5 Å². The minimum atomic E-state index is -0.343. The number of methoxy groups -OCH3 is 1. The van der Waals surface area contributed by atoms with E-state index < -0.39 is 0 Å². The molecule has 1 fully saturated rings. The van der Waals surface area contributed by atoms with E-state index in [1.165, 1.54) is 0 Å². The van der Waals surface area contributed by atoms with E-state index in [2.05, 4.69) is 0 Å². The monoisotopic (exact) mass is 324 g/mol. The molecule has 0 radical (unpaired) electrons. The SMILES string of the molecule is COc1ccc(C(=O)N2CC[C@@H](C(N)=O)C2)cc1-c1ccccc1. The quantitative estimate of drug-likeness (QED) is 0.938. The first-order valence-corrected chi connectivity index (χ1v) is 7.92. The Balaban J connectivity index is 1.89. The smallest absolute Gasteiger partial charge is 0.253 e. The first-order valence-electron chi connectivity index (χ1n) is 7.92. The summed E-state index contributed by atoms with van der Waals surface area (Å²) in [5.74, 6) is 0.0403. The summed E-state index contributed by atoms with van der Waals surface area (Å²) >= 11 is 0. The lowest BCUT2D eigenvalue weighted by Crippen LogP contribution is -2.31. The van der Waals surface area contributed by atoms with Crippen molar-refractivity contribution in [3.8, 4) is 16.9 Å². The molecule has 2 N–H and O–H groups in total. The van der Waals surface area contributed by atoms with Gasteiger partial charge in [-0.3, -0.25) is 9.59 Å². The number of hydrogen-bond acceptors (Lipinski definition) is 3. The normalized spacial score (nSPS) is 16.9. The molecule has 24 heavy (non-hydrogen) atoms. The lowest BCUT2D eigenvalue weighted by Gasteiger charge is -2.17. The Labute approximate surface area is 141 Å². The molecular weight excluding hydrogens is 304 g/mol. The molecule has 3 rings (SSSR count). The van der Waals surface area contributed by atoms with Crippen LogP contribution in [0.25, 0.3) is 11.1 Å². The van der Waals surface area contributed by atoms with E-state index in [1.54, 1.807) is 24.1 Å². The third-order valence-corrected chi connectivity index (χ3v) is 4.41. The molecule has 0 aromatic heterocycles. The van der Waals surface area contributed by atoms with Gasteiger partial charge in [0.25, 0.3) is 5.91 Å². The summed E-state index contributed by atoms with van der Waals surface area (Å²) in [6, 6.07) is 15.2. The lowest BCUT2D eigenvalue weighted by atomic mass is 10.0. The van der Waals surface area contributed by atoms with E-state index in [0.717, 1.165) is 11.1 Å². The third-order valence-electron chi connectivity index (χ3n) is 4.41. The summed E-state index contributed by atoms with van der Waals surface area (Å²) in [4.78, 5) is 25.7. The van der Waals surface area contributed by atoms with Crippen LogP contribution in [-0.4, -0.2) is 36.9 Å². The number of nitrogens with two attached hydrogens (primary N) is 1. The number of ether oxygens (including phenoxy) is 1. The molecule has 1 saturated heterocycles. The van der Waals surface area contributed by atoms with Gasteiger partial charge in [0, 0.05) is 24.2 Å². The molecule has 2 aromatic rings. The Morgan fingerprint density at radius 3 is 2.54 bits per heavy atom. The topological polar surface area (TPSA) is 72.6 Å². The summed E-state index contributed by atoms with van der Waals surface area (Å²) < 4.78 is 5.42. The summed E-state index contributed by atoms with van der Waals surface area (Å²) in [5, 5.41) is 0. The molecule has 124 valence electrons. The highest BCUT2D eigenvalue weighted by Crippen LogP contribution is 2.31. The van der Waals surface area contributed by atoms with Gasteiger partial charge in [-0.25, -0.2) is 0 Å². The summed E-state index contributed by atoms with van der Waals surface area (Å²) in [6.45, 7) is 0.944. The summed E-state index contributed by atoms with van der Waals surface area (Å²) in [5.41, 5.74) is 7.78. The number of rotatable bonds is 4. The summed E-state index contributed by atoms with van der Waals surface area (Å²) in [6.07, 6.45) is 0.628. The van der Waals surface area contributed by atoms with Gasteiger partial charge in [0.15, 0.2) is 0 Å². The fraction of sp³-hybridized carbons (Fsp3) is 0.263. The number of amides is 2. The van der Waals surface area contributed by atoms with Crippen molar-refractivity contribution in [1.82, 2.24) is 4.90 Å². The van der Waals surface area contributed by atoms with E-state index >= 15 is 0 Å². The van der Waals surface area contributed by atoms with Crippen molar-refractivity contribution in [2.45, 2.75) is 6.42 Å². The Bertz CT molecular complexity index is 758. The van der Waals surface area contributed by atoms with Crippen molar-refractivity contribution >= 4 is 11.8 Å². The van der Waals surface area contributed by atoms with Crippen LogP contribution >= 0.6 is 0 Å². The highest BCUT2D eigenvalue weighted by Gasteiger charge is 2.30. The molecule has 1 aliphatic heterocycles. The zero-order valence-corrected chi connectivity index (χ0v) is 13.6. The van der Waals surface area contributed by atoms with E-state index in [-0.39, 0.29) is 17.7 Å². The van der Waals surface area contributed by atoms with Gasteiger partial charge >= 0.3 is 0 Å². The standard InChI is InChI=1S/C19H20N2O3/c1-24-17-8-7-14(11-16(17)13-5-3-2-4-6-13)19(23)21-10-9-15(12-21)18(20)22/h2-8,11,15H,9-10,12H2,1H3,(H2,20,22)/t15-/m1/s1. The Morgan fingerprint density at radius 2 is 1.92 bits per heavy atom. The molecule has 2 aromatic carbocycles. The molecule has 1 aliphatic rings. The molecule has 0 unspecified atom stereocenters. The Hall–Kier alpha value is -2.82. The molecule has 0 bridgehead atoms. The molecule has 5 heteroatoms.